The van der Waals surface area contributed by atoms with Gasteiger partial charge < -0.3 is 15.0 Å². The van der Waals surface area contributed by atoms with Gasteiger partial charge in [-0.3, -0.25) is 9.59 Å². The van der Waals surface area contributed by atoms with E-state index in [1.807, 2.05) is 56.3 Å². The minimum atomic E-state index is -0.520. The molecule has 2 aromatic rings. The molecule has 2 amide bonds. The third-order valence-corrected chi connectivity index (χ3v) is 6.42. The lowest BCUT2D eigenvalue weighted by Crippen LogP contribution is -2.52. The van der Waals surface area contributed by atoms with Gasteiger partial charge in [0.25, 0.3) is 5.91 Å². The topological polar surface area (TPSA) is 58.6 Å². The zero-order chi connectivity index (χ0) is 22.2. The Kier molecular flexibility index (Phi) is 8.75. The zero-order valence-electron chi connectivity index (χ0n) is 18.3. The van der Waals surface area contributed by atoms with Gasteiger partial charge in [0.15, 0.2) is 6.61 Å². The van der Waals surface area contributed by atoms with Gasteiger partial charge in [-0.25, -0.2) is 0 Å². The predicted octanol–water partition coefficient (Wildman–Crippen LogP) is 4.84. The zero-order valence-corrected chi connectivity index (χ0v) is 20.4. The number of carbonyl (C=O) groups excluding carboxylic acids is 2. The molecular formula is C25H31IN2O3. The molecular weight excluding hydrogens is 503 g/mol. The Morgan fingerprint density at radius 3 is 2.52 bits per heavy atom. The molecule has 5 nitrogen and oxygen atoms in total. The van der Waals surface area contributed by atoms with E-state index in [0.717, 1.165) is 40.4 Å². The molecule has 2 aromatic carbocycles. The van der Waals surface area contributed by atoms with Gasteiger partial charge in [0.1, 0.15) is 11.8 Å². The number of aryl methyl sites for hydroxylation is 1. The van der Waals surface area contributed by atoms with Crippen LogP contribution in [0.4, 0.5) is 0 Å². The smallest absolute Gasteiger partial charge is 0.261 e. The maximum atomic E-state index is 13.2. The lowest BCUT2D eigenvalue weighted by atomic mass is 10.1. The van der Waals surface area contributed by atoms with Crippen LogP contribution in [0.15, 0.2) is 48.5 Å². The Balaban J connectivity index is 1.75. The third-order valence-electron chi connectivity index (χ3n) is 5.70. The monoisotopic (exact) mass is 534 g/mol. The van der Waals surface area contributed by atoms with Gasteiger partial charge in [0.2, 0.25) is 5.91 Å². The summed E-state index contributed by atoms with van der Waals surface area (Å²) in [4.78, 5) is 28.0. The average Bonchev–Trinajstić information content (AvgIpc) is 3.26. The van der Waals surface area contributed by atoms with Crippen molar-refractivity contribution in [2.24, 2.45) is 0 Å². The maximum Gasteiger partial charge on any atom is 0.261 e. The van der Waals surface area contributed by atoms with Crippen molar-refractivity contribution >= 4 is 34.4 Å². The van der Waals surface area contributed by atoms with Crippen LogP contribution in [0.25, 0.3) is 0 Å². The van der Waals surface area contributed by atoms with E-state index in [2.05, 4.69) is 34.0 Å². The van der Waals surface area contributed by atoms with E-state index in [4.69, 9.17) is 4.74 Å². The molecule has 0 saturated heterocycles. The van der Waals surface area contributed by atoms with Crippen molar-refractivity contribution in [3.63, 3.8) is 0 Å². The van der Waals surface area contributed by atoms with Gasteiger partial charge >= 0.3 is 0 Å². The second-order valence-electron chi connectivity index (χ2n) is 8.17. The standard InChI is InChI=1S/C25H31IN2O3/c1-3-23(25(30)27-21-9-4-5-10-21)28(16-19-8-6-7-18(2)15-19)24(29)17-31-22-13-11-20(26)12-14-22/h6-8,11-15,21,23H,3-5,9-10,16-17H2,1-2H3,(H,27,30)/t23-/m1/s1. The van der Waals surface area contributed by atoms with Crippen molar-refractivity contribution in [3.05, 3.63) is 63.2 Å². The molecule has 0 aliphatic heterocycles. The summed E-state index contributed by atoms with van der Waals surface area (Å²) < 4.78 is 6.85. The molecule has 1 aliphatic carbocycles. The lowest BCUT2D eigenvalue weighted by molar-refractivity contribution is -0.143. The second-order valence-corrected chi connectivity index (χ2v) is 9.41. The van der Waals surface area contributed by atoms with Crippen LogP contribution < -0.4 is 10.1 Å². The molecule has 0 bridgehead atoms. The minimum Gasteiger partial charge on any atom is -0.484 e. The van der Waals surface area contributed by atoms with Gasteiger partial charge in [0.05, 0.1) is 0 Å². The summed E-state index contributed by atoms with van der Waals surface area (Å²) in [6.07, 6.45) is 4.89. The molecule has 1 saturated carbocycles. The van der Waals surface area contributed by atoms with E-state index in [9.17, 15) is 9.59 Å². The molecule has 31 heavy (non-hydrogen) atoms. The van der Waals surface area contributed by atoms with E-state index in [-0.39, 0.29) is 24.5 Å². The van der Waals surface area contributed by atoms with Gasteiger partial charge in [0, 0.05) is 16.2 Å². The first kappa shape index (κ1) is 23.6. The first-order valence-corrected chi connectivity index (χ1v) is 12.1. The fourth-order valence-corrected chi connectivity index (χ4v) is 4.41. The summed E-state index contributed by atoms with van der Waals surface area (Å²) in [7, 11) is 0. The molecule has 6 heteroatoms. The Morgan fingerprint density at radius 1 is 1.16 bits per heavy atom. The van der Waals surface area contributed by atoms with Crippen LogP contribution in [0, 0.1) is 10.5 Å². The quantitative estimate of drug-likeness (QED) is 0.469. The number of nitrogens with zero attached hydrogens (tertiary/aromatic N) is 1. The van der Waals surface area contributed by atoms with E-state index < -0.39 is 6.04 Å². The summed E-state index contributed by atoms with van der Waals surface area (Å²) in [6.45, 7) is 4.27. The van der Waals surface area contributed by atoms with Crippen molar-refractivity contribution < 1.29 is 14.3 Å². The largest absolute Gasteiger partial charge is 0.484 e. The molecule has 0 heterocycles. The van der Waals surface area contributed by atoms with Crippen molar-refractivity contribution in [2.45, 2.75) is 64.6 Å². The average molecular weight is 534 g/mol. The summed E-state index contributed by atoms with van der Waals surface area (Å²) >= 11 is 2.23. The van der Waals surface area contributed by atoms with Gasteiger partial charge in [-0.2, -0.15) is 0 Å². The number of hydrogen-bond acceptors (Lipinski definition) is 3. The Bertz CT molecular complexity index is 879. The molecule has 0 aromatic heterocycles. The Hall–Kier alpha value is -2.09. The third kappa shape index (κ3) is 6.95. The van der Waals surface area contributed by atoms with E-state index in [1.54, 1.807) is 4.90 Å². The number of nitrogens with one attached hydrogen (secondary N) is 1. The summed E-state index contributed by atoms with van der Waals surface area (Å²) in [5.74, 6) is 0.394. The highest BCUT2D eigenvalue weighted by molar-refractivity contribution is 14.1. The van der Waals surface area contributed by atoms with Crippen molar-refractivity contribution in [1.29, 1.82) is 0 Å². The van der Waals surface area contributed by atoms with E-state index in [1.165, 1.54) is 0 Å². The molecule has 1 atom stereocenters. The van der Waals surface area contributed by atoms with Crippen LogP contribution in [0.1, 0.15) is 50.2 Å². The van der Waals surface area contributed by atoms with Crippen molar-refractivity contribution in [3.8, 4) is 5.75 Å². The highest BCUT2D eigenvalue weighted by Gasteiger charge is 2.30. The summed E-state index contributed by atoms with van der Waals surface area (Å²) in [5, 5.41) is 3.17. The normalized spacial score (nSPS) is 14.8. The van der Waals surface area contributed by atoms with E-state index in [0.29, 0.717) is 18.7 Å². The maximum absolute atomic E-state index is 13.2. The molecule has 0 radical (unpaired) electrons. The molecule has 3 rings (SSSR count). The number of amides is 2. The number of carbonyl (C=O) groups is 2. The highest BCUT2D eigenvalue weighted by atomic mass is 127. The SMILES string of the molecule is CC[C@H](C(=O)NC1CCCC1)N(Cc1cccc(C)c1)C(=O)COc1ccc(I)cc1. The molecule has 166 valence electrons. The number of benzene rings is 2. The number of halogens is 1. The molecule has 1 aliphatic rings. The predicted molar refractivity (Wildman–Crippen MR) is 131 cm³/mol. The summed E-state index contributed by atoms with van der Waals surface area (Å²) in [6, 6.07) is 15.3. The fraction of sp³-hybridized carbons (Fsp3) is 0.440. The molecule has 1 N–H and O–H groups in total. The second kappa shape index (κ2) is 11.5. The number of rotatable bonds is 9. The van der Waals surface area contributed by atoms with Crippen LogP contribution >= 0.6 is 22.6 Å². The van der Waals surface area contributed by atoms with Gasteiger partial charge in [-0.15, -0.1) is 0 Å². The number of ether oxygens (including phenoxy) is 1. The van der Waals surface area contributed by atoms with Crippen molar-refractivity contribution in [2.75, 3.05) is 6.61 Å². The van der Waals surface area contributed by atoms with Crippen LogP contribution in [-0.4, -0.2) is 35.4 Å². The van der Waals surface area contributed by atoms with Crippen LogP contribution in [0.2, 0.25) is 0 Å². The van der Waals surface area contributed by atoms with Gasteiger partial charge in [-0.1, -0.05) is 49.6 Å². The fourth-order valence-electron chi connectivity index (χ4n) is 4.05. The summed E-state index contributed by atoms with van der Waals surface area (Å²) in [5.41, 5.74) is 2.14. The Morgan fingerprint density at radius 2 is 1.87 bits per heavy atom. The number of hydrogen-bond donors (Lipinski definition) is 1. The van der Waals surface area contributed by atoms with Crippen LogP contribution in [0.3, 0.4) is 0 Å². The first-order chi connectivity index (χ1) is 15.0. The molecule has 0 unspecified atom stereocenters. The van der Waals surface area contributed by atoms with Crippen LogP contribution in [-0.2, 0) is 16.1 Å². The van der Waals surface area contributed by atoms with Gasteiger partial charge in [-0.05, 0) is 78.6 Å². The van der Waals surface area contributed by atoms with Crippen LogP contribution in [0.5, 0.6) is 5.75 Å². The molecule has 0 spiro atoms. The lowest BCUT2D eigenvalue weighted by Gasteiger charge is -2.31. The minimum absolute atomic E-state index is 0.0651. The van der Waals surface area contributed by atoms with Crippen molar-refractivity contribution in [1.82, 2.24) is 10.2 Å². The first-order valence-electron chi connectivity index (χ1n) is 11.0. The highest BCUT2D eigenvalue weighted by Crippen LogP contribution is 2.20. The Labute approximate surface area is 198 Å². The molecule has 1 fully saturated rings. The van der Waals surface area contributed by atoms with E-state index >= 15 is 0 Å².